The largest absolute Gasteiger partial charge is 0.458 e. The summed E-state index contributed by atoms with van der Waals surface area (Å²) in [5.41, 5.74) is -0.193. The Labute approximate surface area is 113 Å². The maximum atomic E-state index is 11.7. The maximum absolute atomic E-state index is 11.7. The van der Waals surface area contributed by atoms with Crippen molar-refractivity contribution in [1.29, 1.82) is 0 Å². The van der Waals surface area contributed by atoms with Crippen molar-refractivity contribution in [1.82, 2.24) is 0 Å². The molecular weight excluding hydrogens is 244 g/mol. The van der Waals surface area contributed by atoms with Gasteiger partial charge in [0.2, 0.25) is 0 Å². The molecule has 7 atom stereocenters. The molecule has 0 aromatic rings. The molecule has 3 fully saturated rings. The highest BCUT2D eigenvalue weighted by atomic mass is 16.6. The predicted molar refractivity (Wildman–Crippen MR) is 69.1 cm³/mol. The van der Waals surface area contributed by atoms with Gasteiger partial charge < -0.3 is 14.9 Å². The Morgan fingerprint density at radius 1 is 1.37 bits per heavy atom. The second-order valence-corrected chi connectivity index (χ2v) is 6.72. The molecular formula is C15H22O4. The zero-order valence-corrected chi connectivity index (χ0v) is 11.5. The monoisotopic (exact) mass is 266 g/mol. The van der Waals surface area contributed by atoms with Crippen LogP contribution in [0, 0.1) is 23.2 Å². The van der Waals surface area contributed by atoms with E-state index in [4.69, 9.17) is 4.74 Å². The van der Waals surface area contributed by atoms with Crippen molar-refractivity contribution >= 4 is 5.97 Å². The van der Waals surface area contributed by atoms with Gasteiger partial charge in [-0.25, -0.2) is 4.79 Å². The van der Waals surface area contributed by atoms with E-state index in [9.17, 15) is 15.0 Å². The second-order valence-electron chi connectivity index (χ2n) is 6.72. The third kappa shape index (κ3) is 1.56. The lowest BCUT2D eigenvalue weighted by atomic mass is 9.67. The Morgan fingerprint density at radius 2 is 2.05 bits per heavy atom. The molecule has 1 aliphatic heterocycles. The van der Waals surface area contributed by atoms with Gasteiger partial charge in [-0.1, -0.05) is 20.4 Å². The van der Waals surface area contributed by atoms with Crippen LogP contribution < -0.4 is 0 Å². The fraction of sp³-hybridized carbons (Fsp3) is 0.800. The summed E-state index contributed by atoms with van der Waals surface area (Å²) in [6.45, 7) is 7.87. The number of rotatable bonds is 0. The lowest BCUT2D eigenvalue weighted by Gasteiger charge is -2.41. The summed E-state index contributed by atoms with van der Waals surface area (Å²) in [4.78, 5) is 11.7. The molecule has 4 nitrogen and oxygen atoms in total. The van der Waals surface area contributed by atoms with Crippen LogP contribution in [0.25, 0.3) is 0 Å². The molecule has 2 aliphatic carbocycles. The van der Waals surface area contributed by atoms with Gasteiger partial charge in [0.25, 0.3) is 0 Å². The molecule has 19 heavy (non-hydrogen) atoms. The van der Waals surface area contributed by atoms with Crippen molar-refractivity contribution in [2.24, 2.45) is 23.2 Å². The number of aliphatic hydroxyl groups excluding tert-OH is 2. The van der Waals surface area contributed by atoms with Crippen LogP contribution in [0.15, 0.2) is 12.2 Å². The van der Waals surface area contributed by atoms with Crippen molar-refractivity contribution in [3.8, 4) is 0 Å². The van der Waals surface area contributed by atoms with Crippen molar-refractivity contribution in [2.45, 2.75) is 51.4 Å². The fourth-order valence-electron chi connectivity index (χ4n) is 4.67. The third-order valence-corrected chi connectivity index (χ3v) is 5.86. The molecule has 106 valence electrons. The third-order valence-electron chi connectivity index (χ3n) is 5.86. The summed E-state index contributed by atoms with van der Waals surface area (Å²) in [7, 11) is 0. The Bertz CT molecular complexity index is 432. The summed E-state index contributed by atoms with van der Waals surface area (Å²) in [6, 6.07) is 0. The Kier molecular flexibility index (Phi) is 2.81. The molecule has 2 N–H and O–H groups in total. The smallest absolute Gasteiger partial charge is 0.334 e. The van der Waals surface area contributed by atoms with Crippen molar-refractivity contribution in [2.75, 3.05) is 0 Å². The van der Waals surface area contributed by atoms with Crippen molar-refractivity contribution in [3.63, 3.8) is 0 Å². The van der Waals surface area contributed by atoms with Crippen LogP contribution in [0.1, 0.15) is 33.1 Å². The first-order valence-electron chi connectivity index (χ1n) is 7.13. The molecule has 3 rings (SSSR count). The summed E-state index contributed by atoms with van der Waals surface area (Å²) in [6.07, 6.45) is 0.844. The van der Waals surface area contributed by atoms with Gasteiger partial charge in [-0.15, -0.1) is 0 Å². The lowest BCUT2D eigenvalue weighted by Crippen LogP contribution is -2.48. The number of hydrogen-bond donors (Lipinski definition) is 2. The number of esters is 1. The van der Waals surface area contributed by atoms with Crippen LogP contribution in [-0.4, -0.2) is 34.5 Å². The molecule has 1 heterocycles. The topological polar surface area (TPSA) is 66.8 Å². The average Bonchev–Trinajstić information content (AvgIpc) is 2.77. The van der Waals surface area contributed by atoms with Crippen LogP contribution in [0.3, 0.4) is 0 Å². The molecule has 6 unspecified atom stereocenters. The second kappa shape index (κ2) is 4.06. The summed E-state index contributed by atoms with van der Waals surface area (Å²) < 4.78 is 5.36. The van der Waals surface area contributed by atoms with Crippen molar-refractivity contribution < 1.29 is 19.7 Å². The number of carbonyl (C=O) groups is 1. The van der Waals surface area contributed by atoms with Gasteiger partial charge in [0.05, 0.1) is 18.1 Å². The first-order chi connectivity index (χ1) is 8.87. The Hall–Kier alpha value is -0.870. The molecule has 0 aromatic carbocycles. The van der Waals surface area contributed by atoms with E-state index in [-0.39, 0.29) is 17.9 Å². The van der Waals surface area contributed by atoms with E-state index in [0.717, 1.165) is 19.3 Å². The number of hydrogen-bond acceptors (Lipinski definition) is 4. The normalized spacial score (nSPS) is 53.5. The zero-order chi connectivity index (χ0) is 13.9. The van der Waals surface area contributed by atoms with Crippen molar-refractivity contribution in [3.05, 3.63) is 12.2 Å². The molecule has 1 saturated heterocycles. The van der Waals surface area contributed by atoms with Gasteiger partial charge in [0, 0.05) is 11.0 Å². The predicted octanol–water partition coefficient (Wildman–Crippen LogP) is 1.26. The SMILES string of the molecule is C=C1C(=O)OC2CC(C)C3CCC(O)[C@@]3(C)C(O)C12. The number of fused-ring (bicyclic) bond motifs is 2. The molecule has 0 amide bonds. The Balaban J connectivity index is 2.04. The summed E-state index contributed by atoms with van der Waals surface area (Å²) in [5, 5.41) is 21.2. The van der Waals surface area contributed by atoms with Crippen LogP contribution in [-0.2, 0) is 9.53 Å². The average molecular weight is 266 g/mol. The quantitative estimate of drug-likeness (QED) is 0.512. The van der Waals surface area contributed by atoms with Gasteiger partial charge in [-0.3, -0.25) is 0 Å². The van der Waals surface area contributed by atoms with E-state index in [2.05, 4.69) is 13.5 Å². The van der Waals surface area contributed by atoms with E-state index in [1.807, 2.05) is 6.92 Å². The van der Waals surface area contributed by atoms with E-state index in [0.29, 0.717) is 11.5 Å². The Morgan fingerprint density at radius 3 is 2.74 bits per heavy atom. The molecule has 0 spiro atoms. The first-order valence-corrected chi connectivity index (χ1v) is 7.13. The fourth-order valence-corrected chi connectivity index (χ4v) is 4.67. The number of carbonyl (C=O) groups excluding carboxylic acids is 1. The van der Waals surface area contributed by atoms with E-state index >= 15 is 0 Å². The first kappa shape index (κ1) is 13.1. The highest BCUT2D eigenvalue weighted by molar-refractivity contribution is 5.91. The summed E-state index contributed by atoms with van der Waals surface area (Å²) in [5.74, 6) is -0.159. The standard InChI is InChI=1S/C15H22O4/c1-7-6-10-12(8(2)14(18)19-10)13(17)15(3)9(7)4-5-11(15)16/h7,9-13,16-17H,2,4-6H2,1,3H3/t7?,9?,10?,11?,12?,13?,15-/m0/s1. The van der Waals surface area contributed by atoms with E-state index in [1.54, 1.807) is 0 Å². The van der Waals surface area contributed by atoms with Crippen LogP contribution in [0.2, 0.25) is 0 Å². The number of ether oxygens (including phenoxy) is 1. The summed E-state index contributed by atoms with van der Waals surface area (Å²) >= 11 is 0. The lowest BCUT2D eigenvalue weighted by molar-refractivity contribution is -0.140. The van der Waals surface area contributed by atoms with Gasteiger partial charge in [-0.05, 0) is 31.1 Å². The molecule has 4 heteroatoms. The van der Waals surface area contributed by atoms with Crippen LogP contribution >= 0.6 is 0 Å². The number of aliphatic hydroxyl groups is 2. The molecule has 0 bridgehead atoms. The minimum absolute atomic E-state index is 0.273. The highest BCUT2D eigenvalue weighted by Crippen LogP contribution is 2.56. The van der Waals surface area contributed by atoms with Crippen LogP contribution in [0.4, 0.5) is 0 Å². The molecule has 0 radical (unpaired) electrons. The van der Waals surface area contributed by atoms with Gasteiger partial charge in [0.15, 0.2) is 0 Å². The molecule has 3 aliphatic rings. The van der Waals surface area contributed by atoms with Gasteiger partial charge in [0.1, 0.15) is 6.10 Å². The minimum Gasteiger partial charge on any atom is -0.458 e. The highest BCUT2D eigenvalue weighted by Gasteiger charge is 2.60. The molecule has 0 aromatic heterocycles. The minimum atomic E-state index is -0.760. The van der Waals surface area contributed by atoms with Crippen LogP contribution in [0.5, 0.6) is 0 Å². The van der Waals surface area contributed by atoms with E-state index < -0.39 is 23.6 Å². The maximum Gasteiger partial charge on any atom is 0.334 e. The zero-order valence-electron chi connectivity index (χ0n) is 11.5. The van der Waals surface area contributed by atoms with Gasteiger partial charge in [-0.2, -0.15) is 0 Å². The van der Waals surface area contributed by atoms with E-state index in [1.165, 1.54) is 0 Å². The molecule has 2 saturated carbocycles. The van der Waals surface area contributed by atoms with Gasteiger partial charge >= 0.3 is 5.97 Å².